The van der Waals surface area contributed by atoms with Gasteiger partial charge in [-0.25, -0.2) is 18.4 Å². The second-order valence-corrected chi connectivity index (χ2v) is 6.40. The molecule has 0 saturated carbocycles. The second-order valence-electron chi connectivity index (χ2n) is 4.34. The van der Waals surface area contributed by atoms with E-state index in [1.54, 1.807) is 26.0 Å². The van der Waals surface area contributed by atoms with Crippen molar-refractivity contribution in [3.8, 4) is 5.88 Å². The molecule has 2 aromatic rings. The molecule has 0 fully saturated rings. The lowest BCUT2D eigenvalue weighted by Gasteiger charge is -2.12. The number of benzene rings is 1. The first kappa shape index (κ1) is 15.5. The topological polar surface area (TPSA) is 81.2 Å². The van der Waals surface area contributed by atoms with Crippen molar-refractivity contribution in [3.05, 3.63) is 40.7 Å². The molecule has 1 N–H and O–H groups in total. The summed E-state index contributed by atoms with van der Waals surface area (Å²) in [5.74, 6) is 0.140. The van der Waals surface area contributed by atoms with E-state index in [0.29, 0.717) is 16.3 Å². The highest BCUT2D eigenvalue weighted by Gasteiger charge is 2.21. The molecule has 0 saturated heterocycles. The van der Waals surface area contributed by atoms with Crippen molar-refractivity contribution in [2.75, 3.05) is 11.8 Å². The van der Waals surface area contributed by atoms with E-state index in [1.165, 1.54) is 19.4 Å². The minimum Gasteiger partial charge on any atom is -0.478 e. The summed E-state index contributed by atoms with van der Waals surface area (Å²) in [6, 6.07) is 4.67. The quantitative estimate of drug-likeness (QED) is 0.933. The lowest BCUT2D eigenvalue weighted by molar-refractivity contribution is 0.397. The van der Waals surface area contributed by atoms with Crippen LogP contribution < -0.4 is 9.46 Å². The average Bonchev–Trinajstić information content (AvgIpc) is 2.43. The van der Waals surface area contributed by atoms with Gasteiger partial charge in [-0.15, -0.1) is 0 Å². The lowest BCUT2D eigenvalue weighted by Crippen LogP contribution is -2.16. The number of anilines is 1. The summed E-state index contributed by atoms with van der Waals surface area (Å²) in [7, 11) is -2.43. The van der Waals surface area contributed by atoms with E-state index in [0.717, 1.165) is 0 Å². The van der Waals surface area contributed by atoms with Gasteiger partial charge in [0.15, 0.2) is 0 Å². The van der Waals surface area contributed by atoms with Crippen molar-refractivity contribution >= 4 is 27.4 Å². The highest BCUT2D eigenvalue weighted by atomic mass is 35.5. The highest BCUT2D eigenvalue weighted by Crippen LogP contribution is 2.26. The van der Waals surface area contributed by atoms with Gasteiger partial charge in [0.1, 0.15) is 0 Å². The summed E-state index contributed by atoms with van der Waals surface area (Å²) >= 11 is 5.96. The molecule has 0 atom stereocenters. The molecule has 1 heterocycles. The summed E-state index contributed by atoms with van der Waals surface area (Å²) < 4.78 is 32.3. The standard InChI is InChI=1S/C13H14ClN3O3S/c1-8-7-15-12(13(16-8)20-3)17-21(18,19)11-6-4-5-10(14)9(11)2/h4-7H,1-3H3,(H,15,17). The minimum absolute atomic E-state index is 0.0301. The fourth-order valence-electron chi connectivity index (χ4n) is 1.73. The number of ether oxygens (including phenoxy) is 1. The number of aryl methyl sites for hydroxylation is 1. The van der Waals surface area contributed by atoms with Crippen LogP contribution in [0.2, 0.25) is 5.02 Å². The normalized spacial score (nSPS) is 11.2. The molecular formula is C13H14ClN3O3S. The summed E-state index contributed by atoms with van der Waals surface area (Å²) in [4.78, 5) is 8.16. The summed E-state index contributed by atoms with van der Waals surface area (Å²) in [6.45, 7) is 3.36. The van der Waals surface area contributed by atoms with E-state index in [4.69, 9.17) is 16.3 Å². The number of halogens is 1. The van der Waals surface area contributed by atoms with Crippen LogP contribution in [0.15, 0.2) is 29.3 Å². The third-order valence-electron chi connectivity index (χ3n) is 2.79. The van der Waals surface area contributed by atoms with Gasteiger partial charge >= 0.3 is 0 Å². The Kier molecular flexibility index (Phi) is 4.34. The molecule has 0 unspecified atom stereocenters. The number of rotatable bonds is 4. The molecule has 8 heteroatoms. The molecule has 112 valence electrons. The molecule has 0 amide bonds. The monoisotopic (exact) mass is 327 g/mol. The number of aromatic nitrogens is 2. The van der Waals surface area contributed by atoms with Gasteiger partial charge in [0.25, 0.3) is 15.9 Å². The molecule has 6 nitrogen and oxygen atoms in total. The number of nitrogens with one attached hydrogen (secondary N) is 1. The van der Waals surface area contributed by atoms with E-state index >= 15 is 0 Å². The fraction of sp³-hybridized carbons (Fsp3) is 0.231. The Hall–Kier alpha value is -1.86. The molecule has 0 aliphatic heterocycles. The first-order chi connectivity index (χ1) is 9.85. The van der Waals surface area contributed by atoms with Crippen LogP contribution in [0, 0.1) is 13.8 Å². The van der Waals surface area contributed by atoms with Gasteiger partial charge in [0.05, 0.1) is 23.9 Å². The van der Waals surface area contributed by atoms with E-state index in [2.05, 4.69) is 14.7 Å². The van der Waals surface area contributed by atoms with Crippen molar-refractivity contribution in [1.29, 1.82) is 0 Å². The summed E-state index contributed by atoms with van der Waals surface area (Å²) in [5.41, 5.74) is 1.08. The second kappa shape index (κ2) is 5.87. The third-order valence-corrected chi connectivity index (χ3v) is 4.69. The molecule has 2 rings (SSSR count). The third kappa shape index (κ3) is 3.25. The first-order valence-electron chi connectivity index (χ1n) is 6.00. The van der Waals surface area contributed by atoms with Crippen molar-refractivity contribution in [3.63, 3.8) is 0 Å². The number of nitrogens with zero attached hydrogens (tertiary/aromatic N) is 2. The Morgan fingerprint density at radius 1 is 1.29 bits per heavy atom. The van der Waals surface area contributed by atoms with Gasteiger partial charge in [-0.2, -0.15) is 0 Å². The van der Waals surface area contributed by atoms with Crippen molar-refractivity contribution in [1.82, 2.24) is 9.97 Å². The maximum Gasteiger partial charge on any atom is 0.263 e. The van der Waals surface area contributed by atoms with Crippen molar-refractivity contribution < 1.29 is 13.2 Å². The van der Waals surface area contributed by atoms with Gasteiger partial charge in [-0.1, -0.05) is 17.7 Å². The molecule has 1 aromatic carbocycles. The lowest BCUT2D eigenvalue weighted by atomic mass is 10.2. The van der Waals surface area contributed by atoms with Crippen LogP contribution >= 0.6 is 11.6 Å². The molecule has 0 radical (unpaired) electrons. The molecule has 21 heavy (non-hydrogen) atoms. The van der Waals surface area contributed by atoms with Crippen LogP contribution in [0.3, 0.4) is 0 Å². The average molecular weight is 328 g/mol. The molecule has 0 bridgehead atoms. The Morgan fingerprint density at radius 3 is 2.67 bits per heavy atom. The van der Waals surface area contributed by atoms with Crippen LogP contribution in [0.5, 0.6) is 5.88 Å². The van der Waals surface area contributed by atoms with Crippen LogP contribution in [-0.2, 0) is 10.0 Å². The molecule has 1 aromatic heterocycles. The van der Waals surface area contributed by atoms with Gasteiger partial charge in [0.2, 0.25) is 5.82 Å². The first-order valence-corrected chi connectivity index (χ1v) is 7.87. The molecule has 0 aliphatic carbocycles. The summed E-state index contributed by atoms with van der Waals surface area (Å²) in [5, 5.41) is 0.375. The number of sulfonamides is 1. The van der Waals surface area contributed by atoms with Crippen molar-refractivity contribution in [2.24, 2.45) is 0 Å². The van der Waals surface area contributed by atoms with Crippen LogP contribution in [0.1, 0.15) is 11.3 Å². The minimum atomic E-state index is -3.83. The predicted molar refractivity (Wildman–Crippen MR) is 80.3 cm³/mol. The summed E-state index contributed by atoms with van der Waals surface area (Å²) in [6.07, 6.45) is 1.45. The molecule has 0 spiro atoms. The number of hydrogen-bond acceptors (Lipinski definition) is 5. The maximum atomic E-state index is 12.4. The SMILES string of the molecule is COc1nc(C)cnc1NS(=O)(=O)c1cccc(Cl)c1C. The van der Waals surface area contributed by atoms with Crippen LogP contribution in [0.4, 0.5) is 5.82 Å². The smallest absolute Gasteiger partial charge is 0.263 e. The molecular weight excluding hydrogens is 314 g/mol. The van der Waals surface area contributed by atoms with Gasteiger partial charge < -0.3 is 4.74 Å². The highest BCUT2D eigenvalue weighted by molar-refractivity contribution is 7.92. The number of hydrogen-bond donors (Lipinski definition) is 1. The van der Waals surface area contributed by atoms with Gasteiger partial charge in [0, 0.05) is 5.02 Å². The van der Waals surface area contributed by atoms with E-state index in [9.17, 15) is 8.42 Å². The van der Waals surface area contributed by atoms with Crippen LogP contribution in [0.25, 0.3) is 0 Å². The van der Waals surface area contributed by atoms with Gasteiger partial charge in [-0.05, 0) is 31.5 Å². The zero-order chi connectivity index (χ0) is 15.6. The predicted octanol–water partition coefficient (Wildman–Crippen LogP) is 2.56. The van der Waals surface area contributed by atoms with E-state index < -0.39 is 10.0 Å². The Labute approximate surface area is 128 Å². The Balaban J connectivity index is 2.45. The fourth-order valence-corrected chi connectivity index (χ4v) is 3.23. The van der Waals surface area contributed by atoms with Gasteiger partial charge in [-0.3, -0.25) is 4.72 Å². The largest absolute Gasteiger partial charge is 0.478 e. The Morgan fingerprint density at radius 2 is 2.00 bits per heavy atom. The number of methoxy groups -OCH3 is 1. The maximum absolute atomic E-state index is 12.4. The Bertz CT molecular complexity index is 778. The van der Waals surface area contributed by atoms with Crippen LogP contribution in [-0.4, -0.2) is 25.5 Å². The molecule has 0 aliphatic rings. The zero-order valence-electron chi connectivity index (χ0n) is 11.7. The van der Waals surface area contributed by atoms with Crippen molar-refractivity contribution in [2.45, 2.75) is 18.7 Å². The van der Waals surface area contributed by atoms with E-state index in [1.807, 2.05) is 0 Å². The van der Waals surface area contributed by atoms with E-state index in [-0.39, 0.29) is 16.6 Å². The zero-order valence-corrected chi connectivity index (χ0v) is 13.3.